The van der Waals surface area contributed by atoms with Gasteiger partial charge in [0.25, 0.3) is 0 Å². The summed E-state index contributed by atoms with van der Waals surface area (Å²) in [6, 6.07) is 12.7. The predicted molar refractivity (Wildman–Crippen MR) is 92.2 cm³/mol. The Labute approximate surface area is 141 Å². The highest BCUT2D eigenvalue weighted by Crippen LogP contribution is 2.20. The molecule has 0 aromatic heterocycles. The molecule has 0 radical (unpaired) electrons. The van der Waals surface area contributed by atoms with Crippen molar-refractivity contribution in [3.63, 3.8) is 0 Å². The number of benzene rings is 2. The molecule has 2 rings (SSSR count). The van der Waals surface area contributed by atoms with Crippen LogP contribution in [0.15, 0.2) is 55.1 Å². The lowest BCUT2D eigenvalue weighted by Crippen LogP contribution is -2.09. The van der Waals surface area contributed by atoms with Crippen molar-refractivity contribution in [2.24, 2.45) is 0 Å². The van der Waals surface area contributed by atoms with Crippen molar-refractivity contribution in [1.82, 2.24) is 0 Å². The highest BCUT2D eigenvalue weighted by atomic mass is 16.5. The molecular formula is C20H20O4. The zero-order valence-corrected chi connectivity index (χ0v) is 13.9. The standard InChI is InChI=1S/C20H20O4/c1-4-19(21)23-12-11-16-6-8-17(9-7-16)20(22)24-18-10-5-14(2)13-15(18)3/h4-10,13H,1,11-12H2,2-3H3. The quantitative estimate of drug-likeness (QED) is 0.461. The lowest BCUT2D eigenvalue weighted by Gasteiger charge is -2.08. The molecule has 4 nitrogen and oxygen atoms in total. The summed E-state index contributed by atoms with van der Waals surface area (Å²) in [4.78, 5) is 23.2. The van der Waals surface area contributed by atoms with Crippen LogP contribution in [0.2, 0.25) is 0 Å². The lowest BCUT2D eigenvalue weighted by molar-refractivity contribution is -0.137. The Morgan fingerprint density at radius 1 is 1.08 bits per heavy atom. The first-order valence-corrected chi connectivity index (χ1v) is 7.67. The van der Waals surface area contributed by atoms with Gasteiger partial charge < -0.3 is 9.47 Å². The first-order chi connectivity index (χ1) is 11.5. The van der Waals surface area contributed by atoms with Gasteiger partial charge in [-0.2, -0.15) is 0 Å². The number of carbonyl (C=O) groups is 2. The maximum absolute atomic E-state index is 12.2. The van der Waals surface area contributed by atoms with Crippen molar-refractivity contribution in [3.05, 3.63) is 77.4 Å². The van der Waals surface area contributed by atoms with Crippen molar-refractivity contribution >= 4 is 11.9 Å². The minimum Gasteiger partial charge on any atom is -0.462 e. The number of hydrogen-bond acceptors (Lipinski definition) is 4. The second-order valence-corrected chi connectivity index (χ2v) is 5.48. The van der Waals surface area contributed by atoms with Gasteiger partial charge in [0.05, 0.1) is 12.2 Å². The van der Waals surface area contributed by atoms with Crippen molar-refractivity contribution in [2.75, 3.05) is 6.61 Å². The van der Waals surface area contributed by atoms with Crippen LogP contribution in [0.3, 0.4) is 0 Å². The third kappa shape index (κ3) is 4.81. The zero-order chi connectivity index (χ0) is 17.5. The Balaban J connectivity index is 1.95. The number of carbonyl (C=O) groups excluding carboxylic acids is 2. The van der Waals surface area contributed by atoms with Crippen LogP contribution in [0.1, 0.15) is 27.0 Å². The summed E-state index contributed by atoms with van der Waals surface area (Å²) in [5, 5.41) is 0. The average molecular weight is 324 g/mol. The van der Waals surface area contributed by atoms with Gasteiger partial charge in [0.15, 0.2) is 0 Å². The molecule has 0 heterocycles. The van der Waals surface area contributed by atoms with Crippen LogP contribution in [0.5, 0.6) is 5.75 Å². The molecule has 0 atom stereocenters. The van der Waals surface area contributed by atoms with E-state index >= 15 is 0 Å². The van der Waals surface area contributed by atoms with E-state index in [1.807, 2.05) is 38.1 Å². The molecule has 0 N–H and O–H groups in total. The SMILES string of the molecule is C=CC(=O)OCCc1ccc(C(=O)Oc2ccc(C)cc2C)cc1. The number of ether oxygens (including phenoxy) is 2. The Morgan fingerprint density at radius 3 is 2.42 bits per heavy atom. The molecule has 0 bridgehead atoms. The number of hydrogen-bond donors (Lipinski definition) is 0. The molecule has 0 aliphatic heterocycles. The number of esters is 2. The van der Waals surface area contributed by atoms with Crippen LogP contribution in [-0.2, 0) is 16.0 Å². The smallest absolute Gasteiger partial charge is 0.343 e. The van der Waals surface area contributed by atoms with E-state index in [0.29, 0.717) is 17.7 Å². The Morgan fingerprint density at radius 2 is 1.79 bits per heavy atom. The monoisotopic (exact) mass is 324 g/mol. The molecule has 0 aliphatic carbocycles. The van der Waals surface area contributed by atoms with E-state index in [1.54, 1.807) is 18.2 Å². The fourth-order valence-corrected chi connectivity index (χ4v) is 2.21. The second-order valence-electron chi connectivity index (χ2n) is 5.48. The van der Waals surface area contributed by atoms with Crippen molar-refractivity contribution in [2.45, 2.75) is 20.3 Å². The topological polar surface area (TPSA) is 52.6 Å². The van der Waals surface area contributed by atoms with E-state index in [9.17, 15) is 9.59 Å². The summed E-state index contributed by atoms with van der Waals surface area (Å²) < 4.78 is 10.4. The van der Waals surface area contributed by atoms with E-state index in [0.717, 1.165) is 22.8 Å². The average Bonchev–Trinajstić information content (AvgIpc) is 2.57. The van der Waals surface area contributed by atoms with Crippen LogP contribution in [0.25, 0.3) is 0 Å². The molecule has 0 saturated carbocycles. The second kappa shape index (κ2) is 8.11. The molecule has 0 unspecified atom stereocenters. The molecule has 24 heavy (non-hydrogen) atoms. The molecule has 2 aromatic rings. The van der Waals surface area contributed by atoms with E-state index < -0.39 is 11.9 Å². The van der Waals surface area contributed by atoms with Crippen LogP contribution in [-0.4, -0.2) is 18.5 Å². The van der Waals surface area contributed by atoms with Gasteiger partial charge in [-0.05, 0) is 43.2 Å². The maximum Gasteiger partial charge on any atom is 0.343 e. The summed E-state index contributed by atoms with van der Waals surface area (Å²) in [6.45, 7) is 7.51. The summed E-state index contributed by atoms with van der Waals surface area (Å²) in [6.07, 6.45) is 1.71. The molecule has 4 heteroatoms. The summed E-state index contributed by atoms with van der Waals surface area (Å²) in [5.74, 6) is -0.277. The minimum atomic E-state index is -0.441. The van der Waals surface area contributed by atoms with Gasteiger partial charge >= 0.3 is 11.9 Å². The van der Waals surface area contributed by atoms with Crippen LogP contribution >= 0.6 is 0 Å². The largest absolute Gasteiger partial charge is 0.462 e. The van der Waals surface area contributed by atoms with Crippen molar-refractivity contribution in [1.29, 1.82) is 0 Å². The molecule has 0 aliphatic rings. The molecular weight excluding hydrogens is 304 g/mol. The highest BCUT2D eigenvalue weighted by Gasteiger charge is 2.10. The molecule has 0 amide bonds. The number of aryl methyl sites for hydroxylation is 2. The summed E-state index contributed by atoms with van der Waals surface area (Å²) >= 11 is 0. The summed E-state index contributed by atoms with van der Waals surface area (Å²) in [7, 11) is 0. The summed E-state index contributed by atoms with van der Waals surface area (Å²) in [5.41, 5.74) is 3.48. The Bertz CT molecular complexity index is 745. The third-order valence-corrected chi connectivity index (χ3v) is 3.52. The predicted octanol–water partition coefficient (Wildman–Crippen LogP) is 3.79. The van der Waals surface area contributed by atoms with Crippen LogP contribution < -0.4 is 4.74 Å². The molecule has 0 saturated heterocycles. The molecule has 0 fully saturated rings. The molecule has 2 aromatic carbocycles. The van der Waals surface area contributed by atoms with Gasteiger partial charge in [-0.25, -0.2) is 9.59 Å². The van der Waals surface area contributed by atoms with E-state index in [2.05, 4.69) is 6.58 Å². The molecule has 124 valence electrons. The van der Waals surface area contributed by atoms with Crippen molar-refractivity contribution in [3.8, 4) is 5.75 Å². The first-order valence-electron chi connectivity index (χ1n) is 7.67. The maximum atomic E-state index is 12.2. The van der Waals surface area contributed by atoms with E-state index in [4.69, 9.17) is 9.47 Å². The molecule has 0 spiro atoms. The fraction of sp³-hybridized carbons (Fsp3) is 0.200. The Hall–Kier alpha value is -2.88. The van der Waals surface area contributed by atoms with E-state index in [-0.39, 0.29) is 6.61 Å². The minimum absolute atomic E-state index is 0.275. The lowest BCUT2D eigenvalue weighted by atomic mass is 10.1. The van der Waals surface area contributed by atoms with E-state index in [1.165, 1.54) is 0 Å². The first kappa shape index (κ1) is 17.5. The van der Waals surface area contributed by atoms with Crippen LogP contribution in [0, 0.1) is 13.8 Å². The van der Waals surface area contributed by atoms with Gasteiger partial charge in [0, 0.05) is 12.5 Å². The van der Waals surface area contributed by atoms with Crippen LogP contribution in [0.4, 0.5) is 0 Å². The highest BCUT2D eigenvalue weighted by molar-refractivity contribution is 5.91. The van der Waals surface area contributed by atoms with Gasteiger partial charge in [-0.3, -0.25) is 0 Å². The normalized spacial score (nSPS) is 10.1. The van der Waals surface area contributed by atoms with Gasteiger partial charge in [0.1, 0.15) is 5.75 Å². The number of rotatable bonds is 6. The zero-order valence-electron chi connectivity index (χ0n) is 13.9. The fourth-order valence-electron chi connectivity index (χ4n) is 2.21. The van der Waals surface area contributed by atoms with Crippen molar-refractivity contribution < 1.29 is 19.1 Å². The van der Waals surface area contributed by atoms with Gasteiger partial charge in [0.2, 0.25) is 0 Å². The third-order valence-electron chi connectivity index (χ3n) is 3.52. The Kier molecular flexibility index (Phi) is 5.90. The van der Waals surface area contributed by atoms with Gasteiger partial charge in [-0.1, -0.05) is 36.4 Å². The van der Waals surface area contributed by atoms with Gasteiger partial charge in [-0.15, -0.1) is 0 Å².